The van der Waals surface area contributed by atoms with Gasteiger partial charge in [0, 0.05) is 17.5 Å². The van der Waals surface area contributed by atoms with E-state index in [0.717, 1.165) is 38.6 Å². The fourth-order valence-corrected chi connectivity index (χ4v) is 3.86. The van der Waals surface area contributed by atoms with Gasteiger partial charge in [0.05, 0.1) is 22.6 Å². The van der Waals surface area contributed by atoms with Crippen LogP contribution < -0.4 is 5.84 Å². The highest BCUT2D eigenvalue weighted by molar-refractivity contribution is 7.08. The third-order valence-corrected chi connectivity index (χ3v) is 5.48. The highest BCUT2D eigenvalue weighted by Crippen LogP contribution is 2.24. The van der Waals surface area contributed by atoms with Crippen LogP contribution in [0.4, 0.5) is 0 Å². The molecule has 136 valence electrons. The van der Waals surface area contributed by atoms with Gasteiger partial charge in [0.1, 0.15) is 5.71 Å². The van der Waals surface area contributed by atoms with E-state index >= 15 is 0 Å². The normalized spacial score (nSPS) is 15.9. The van der Waals surface area contributed by atoms with Crippen LogP contribution >= 0.6 is 11.5 Å². The number of aryl methyl sites for hydroxylation is 1. The first-order valence-electron chi connectivity index (χ1n) is 8.74. The van der Waals surface area contributed by atoms with Crippen LogP contribution in [0.25, 0.3) is 10.9 Å². The maximum Gasteiger partial charge on any atom is 0.152 e. The van der Waals surface area contributed by atoms with Crippen LogP contribution in [0.15, 0.2) is 64.9 Å². The lowest BCUT2D eigenvalue weighted by molar-refractivity contribution is 0.470. The monoisotopic (exact) mass is 376 g/mol. The van der Waals surface area contributed by atoms with Gasteiger partial charge >= 0.3 is 0 Å². The minimum absolute atomic E-state index is 0.000645. The maximum atomic E-state index is 5.77. The Labute approximate surface area is 161 Å². The Morgan fingerprint density at radius 2 is 2.19 bits per heavy atom. The second kappa shape index (κ2) is 7.28. The van der Waals surface area contributed by atoms with Crippen molar-refractivity contribution in [2.24, 2.45) is 16.0 Å². The summed E-state index contributed by atoms with van der Waals surface area (Å²) in [7, 11) is 0. The molecular weight excluding hydrogens is 356 g/mol. The number of allylic oxidation sites excluding steroid dienone is 1. The van der Waals surface area contributed by atoms with Crippen molar-refractivity contribution in [2.45, 2.75) is 19.8 Å². The lowest BCUT2D eigenvalue weighted by Gasteiger charge is -2.26. The van der Waals surface area contributed by atoms with Crippen LogP contribution in [0.3, 0.4) is 0 Å². The van der Waals surface area contributed by atoms with Crippen molar-refractivity contribution < 1.29 is 0 Å². The van der Waals surface area contributed by atoms with Crippen LogP contribution in [-0.2, 0) is 0 Å². The van der Waals surface area contributed by atoms with Gasteiger partial charge in [0.2, 0.25) is 0 Å². The Kier molecular flexibility index (Phi) is 4.68. The topological polar surface area (TPSA) is 79.8 Å². The van der Waals surface area contributed by atoms with Gasteiger partial charge in [0.15, 0.2) is 5.84 Å². The highest BCUT2D eigenvalue weighted by Gasteiger charge is 2.22. The number of hydrogen-bond donors (Lipinski definition) is 1. The largest absolute Gasteiger partial charge is 0.322 e. The van der Waals surface area contributed by atoms with Crippen molar-refractivity contribution in [3.05, 3.63) is 70.9 Å². The first-order chi connectivity index (χ1) is 13.2. The summed E-state index contributed by atoms with van der Waals surface area (Å²) in [5.74, 6) is 6.50. The molecule has 3 aromatic rings. The first-order valence-corrected chi connectivity index (χ1v) is 9.52. The molecule has 1 atom stereocenters. The second-order valence-electron chi connectivity index (χ2n) is 6.47. The summed E-state index contributed by atoms with van der Waals surface area (Å²) in [5, 5.41) is 11.8. The third kappa shape index (κ3) is 3.46. The van der Waals surface area contributed by atoms with Crippen LogP contribution in [0.1, 0.15) is 29.0 Å². The van der Waals surface area contributed by atoms with Crippen LogP contribution in [0.5, 0.6) is 0 Å². The van der Waals surface area contributed by atoms with Crippen molar-refractivity contribution in [3.8, 4) is 0 Å². The molecule has 6 nitrogen and oxygen atoms in total. The number of rotatable bonds is 3. The molecule has 1 aliphatic heterocycles. The SMILES string of the molecule is Cc1cc(C2=NN(/C(=N\N)[C@H](C)c3ccc4ncccc4c3)CC=C2)sn1. The molecule has 3 heterocycles. The van der Waals surface area contributed by atoms with Gasteiger partial charge in [-0.2, -0.15) is 14.6 Å². The Morgan fingerprint density at radius 1 is 1.30 bits per heavy atom. The third-order valence-electron chi connectivity index (χ3n) is 4.57. The first kappa shape index (κ1) is 17.4. The number of fused-ring (bicyclic) bond motifs is 1. The minimum Gasteiger partial charge on any atom is -0.322 e. The van der Waals surface area contributed by atoms with Crippen LogP contribution in [-0.4, -0.2) is 32.5 Å². The predicted molar refractivity (Wildman–Crippen MR) is 111 cm³/mol. The second-order valence-corrected chi connectivity index (χ2v) is 7.27. The molecule has 0 saturated carbocycles. The molecule has 2 N–H and O–H groups in total. The number of nitrogens with zero attached hydrogens (tertiary/aromatic N) is 5. The van der Waals surface area contributed by atoms with E-state index in [2.05, 4.69) is 45.7 Å². The van der Waals surface area contributed by atoms with Gasteiger partial charge in [-0.3, -0.25) is 4.98 Å². The molecule has 0 saturated heterocycles. The smallest absolute Gasteiger partial charge is 0.152 e. The molecule has 0 fully saturated rings. The van der Waals surface area contributed by atoms with Crippen molar-refractivity contribution in [1.29, 1.82) is 0 Å². The summed E-state index contributed by atoms with van der Waals surface area (Å²) in [6.45, 7) is 4.71. The summed E-state index contributed by atoms with van der Waals surface area (Å²) < 4.78 is 4.34. The average Bonchev–Trinajstić information content (AvgIpc) is 3.15. The Balaban J connectivity index is 1.64. The van der Waals surface area contributed by atoms with Crippen molar-refractivity contribution in [3.63, 3.8) is 0 Å². The van der Waals surface area contributed by atoms with Crippen LogP contribution in [0, 0.1) is 6.92 Å². The number of hydrazone groups is 2. The summed E-state index contributed by atoms with van der Waals surface area (Å²) >= 11 is 1.45. The zero-order valence-corrected chi connectivity index (χ0v) is 16.0. The summed E-state index contributed by atoms with van der Waals surface area (Å²) in [6.07, 6.45) is 5.89. The highest BCUT2D eigenvalue weighted by atomic mass is 32.1. The molecule has 7 heteroatoms. The maximum absolute atomic E-state index is 5.77. The number of aromatic nitrogens is 2. The molecule has 0 bridgehead atoms. The number of nitrogens with two attached hydrogens (primary N) is 1. The molecule has 0 unspecified atom stereocenters. The molecule has 2 aromatic heterocycles. The van der Waals surface area contributed by atoms with Gasteiger partial charge in [0.25, 0.3) is 0 Å². The molecule has 0 aliphatic carbocycles. The summed E-state index contributed by atoms with van der Waals surface area (Å²) in [4.78, 5) is 5.42. The Bertz CT molecular complexity index is 1070. The van der Waals surface area contributed by atoms with Gasteiger partial charge in [-0.25, -0.2) is 5.01 Å². The van der Waals surface area contributed by atoms with Gasteiger partial charge < -0.3 is 5.84 Å². The van der Waals surface area contributed by atoms with E-state index < -0.39 is 0 Å². The van der Waals surface area contributed by atoms with Gasteiger partial charge in [-0.05, 0) is 54.4 Å². The van der Waals surface area contributed by atoms with E-state index in [1.165, 1.54) is 11.5 Å². The van der Waals surface area contributed by atoms with E-state index in [4.69, 9.17) is 10.9 Å². The number of hydrogen-bond acceptors (Lipinski definition) is 6. The van der Waals surface area contributed by atoms with E-state index in [0.29, 0.717) is 6.54 Å². The average molecular weight is 376 g/mol. The molecule has 0 spiro atoms. The van der Waals surface area contributed by atoms with Gasteiger partial charge in [-0.1, -0.05) is 25.1 Å². The molecule has 1 aromatic carbocycles. The molecule has 4 rings (SSSR count). The molecule has 0 radical (unpaired) electrons. The molecule has 0 amide bonds. The van der Waals surface area contributed by atoms with Crippen molar-refractivity contribution in [2.75, 3.05) is 6.54 Å². The standard InChI is InChI=1S/C20H20N6S/c1-13-11-19(27-25-13)18-6-4-10-26(24-18)20(23-21)14(2)15-7-8-17-16(12-15)5-3-9-22-17/h3-9,11-12,14H,10,21H2,1-2H3/b23-20-/t14-/m1/s1. The van der Waals surface area contributed by atoms with E-state index in [1.54, 1.807) is 6.20 Å². The lowest BCUT2D eigenvalue weighted by atomic mass is 9.97. The number of benzene rings is 1. The zero-order valence-electron chi connectivity index (χ0n) is 15.2. The Hall–Kier alpha value is -3.06. The van der Waals surface area contributed by atoms with E-state index in [1.807, 2.05) is 36.2 Å². The number of pyridine rings is 1. The van der Waals surface area contributed by atoms with Gasteiger partial charge in [-0.15, -0.1) is 0 Å². The quantitative estimate of drug-likeness (QED) is 0.327. The summed E-state index contributed by atoms with van der Waals surface area (Å²) in [6, 6.07) is 12.3. The summed E-state index contributed by atoms with van der Waals surface area (Å²) in [5.41, 5.74) is 3.97. The molecule has 1 aliphatic rings. The van der Waals surface area contributed by atoms with Crippen molar-refractivity contribution in [1.82, 2.24) is 14.4 Å². The van der Waals surface area contributed by atoms with E-state index in [-0.39, 0.29) is 5.92 Å². The zero-order chi connectivity index (χ0) is 18.8. The predicted octanol–water partition coefficient (Wildman–Crippen LogP) is 3.65. The fraction of sp³-hybridized carbons (Fsp3) is 0.200. The lowest BCUT2D eigenvalue weighted by Crippen LogP contribution is -2.34. The Morgan fingerprint density at radius 3 is 2.96 bits per heavy atom. The van der Waals surface area contributed by atoms with Crippen LogP contribution in [0.2, 0.25) is 0 Å². The molecular formula is C20H20N6S. The number of amidine groups is 1. The van der Waals surface area contributed by atoms with Crippen molar-refractivity contribution >= 4 is 34.0 Å². The van der Waals surface area contributed by atoms with E-state index in [9.17, 15) is 0 Å². The fourth-order valence-electron chi connectivity index (χ4n) is 3.14. The molecule has 27 heavy (non-hydrogen) atoms. The minimum atomic E-state index is -0.000645.